The quantitative estimate of drug-likeness (QED) is 0.540. The Morgan fingerprint density at radius 1 is 1.17 bits per heavy atom. The van der Waals surface area contributed by atoms with Gasteiger partial charge < -0.3 is 9.47 Å². The lowest BCUT2D eigenvalue weighted by Gasteiger charge is -2.17. The van der Waals surface area contributed by atoms with Crippen LogP contribution in [0.25, 0.3) is 17.2 Å². The summed E-state index contributed by atoms with van der Waals surface area (Å²) >= 11 is 0. The minimum Gasteiger partial charge on any atom is -0.348 e. The fraction of sp³-hybridized carbons (Fsp3) is 0.333. The summed E-state index contributed by atoms with van der Waals surface area (Å²) in [6, 6.07) is 9.94. The van der Waals surface area contributed by atoms with Crippen molar-refractivity contribution < 1.29 is 4.79 Å². The van der Waals surface area contributed by atoms with Crippen LogP contribution in [0.1, 0.15) is 34.2 Å². The molecule has 4 aromatic heterocycles. The van der Waals surface area contributed by atoms with Crippen molar-refractivity contribution in [1.82, 2.24) is 33.8 Å². The van der Waals surface area contributed by atoms with Gasteiger partial charge in [0.1, 0.15) is 0 Å². The van der Waals surface area contributed by atoms with Crippen LogP contribution in [0.4, 0.5) is 0 Å². The molecule has 1 saturated heterocycles. The highest BCUT2D eigenvalue weighted by atomic mass is 16.2. The Labute approximate surface area is 168 Å². The number of pyridine rings is 1. The van der Waals surface area contributed by atoms with Crippen molar-refractivity contribution in [3.8, 4) is 11.5 Å². The zero-order chi connectivity index (χ0) is 20.1. The molecule has 1 aliphatic heterocycles. The molecular weight excluding hydrogens is 366 g/mol. The topological polar surface area (TPSA) is 73.2 Å². The Hall–Kier alpha value is -3.42. The minimum atomic E-state index is 0.0301. The number of aromatic nitrogens is 6. The van der Waals surface area contributed by atoms with E-state index >= 15 is 0 Å². The van der Waals surface area contributed by atoms with Gasteiger partial charge in [0.25, 0.3) is 5.91 Å². The van der Waals surface area contributed by atoms with Crippen molar-refractivity contribution in [3.05, 3.63) is 59.7 Å². The number of rotatable bonds is 3. The van der Waals surface area contributed by atoms with Gasteiger partial charge in [0, 0.05) is 38.2 Å². The van der Waals surface area contributed by atoms with Crippen LogP contribution in [0.3, 0.4) is 0 Å². The summed E-state index contributed by atoms with van der Waals surface area (Å²) in [6.07, 6.45) is 4.72. The Kier molecular flexibility index (Phi) is 4.01. The predicted molar refractivity (Wildman–Crippen MR) is 109 cm³/mol. The zero-order valence-electron chi connectivity index (χ0n) is 16.8. The third-order valence-corrected chi connectivity index (χ3v) is 5.66. The van der Waals surface area contributed by atoms with Crippen molar-refractivity contribution in [1.29, 1.82) is 0 Å². The molecule has 0 aliphatic carbocycles. The van der Waals surface area contributed by atoms with Crippen molar-refractivity contribution in [2.75, 3.05) is 13.1 Å². The Morgan fingerprint density at radius 3 is 2.76 bits per heavy atom. The lowest BCUT2D eigenvalue weighted by molar-refractivity contribution is 0.0786. The number of fused-ring (bicyclic) bond motifs is 1. The van der Waals surface area contributed by atoms with E-state index in [0.29, 0.717) is 12.1 Å². The summed E-state index contributed by atoms with van der Waals surface area (Å²) in [5.74, 6) is 0.756. The molecule has 0 N–H and O–H groups in total. The number of likely N-dealkylation sites (tertiary alicyclic amines) is 1. The highest BCUT2D eigenvalue weighted by Crippen LogP contribution is 2.25. The Balaban J connectivity index is 1.43. The van der Waals surface area contributed by atoms with Crippen LogP contribution in [0.5, 0.6) is 0 Å². The predicted octanol–water partition coefficient (Wildman–Crippen LogP) is 2.64. The molecule has 1 atom stereocenters. The second-order valence-electron chi connectivity index (χ2n) is 7.74. The molecule has 1 unspecified atom stereocenters. The van der Waals surface area contributed by atoms with E-state index in [0.717, 1.165) is 41.5 Å². The maximum absolute atomic E-state index is 13.2. The molecule has 0 aromatic carbocycles. The maximum Gasteiger partial charge on any atom is 0.255 e. The first-order chi connectivity index (χ1) is 14.0. The molecule has 0 saturated carbocycles. The standard InChI is InChI=1S/C21H23N7O/c1-14-11-15(2)28(24-14)17-8-10-26(13-17)21(29)16-6-7-19-22-23-20(27(19)12-16)18-5-4-9-25(18)3/h4-7,9,11-12,17H,8,10,13H2,1-3H3. The molecule has 0 bridgehead atoms. The number of hydrogen-bond acceptors (Lipinski definition) is 4. The van der Waals surface area contributed by atoms with Crippen LogP contribution in [0.15, 0.2) is 42.7 Å². The zero-order valence-corrected chi connectivity index (χ0v) is 16.8. The molecule has 1 amide bonds. The van der Waals surface area contributed by atoms with Crippen LogP contribution in [0, 0.1) is 13.8 Å². The van der Waals surface area contributed by atoms with Gasteiger partial charge in [-0.2, -0.15) is 5.10 Å². The largest absolute Gasteiger partial charge is 0.348 e. The second kappa shape index (κ2) is 6.58. The molecule has 5 rings (SSSR count). The van der Waals surface area contributed by atoms with Gasteiger partial charge >= 0.3 is 0 Å². The summed E-state index contributed by atoms with van der Waals surface area (Å²) in [5, 5.41) is 13.2. The minimum absolute atomic E-state index is 0.0301. The molecule has 148 valence electrons. The molecule has 0 radical (unpaired) electrons. The molecule has 5 heterocycles. The molecule has 8 heteroatoms. The fourth-order valence-corrected chi connectivity index (χ4v) is 4.21. The van der Waals surface area contributed by atoms with Gasteiger partial charge in [0.15, 0.2) is 11.5 Å². The first-order valence-corrected chi connectivity index (χ1v) is 9.80. The van der Waals surface area contributed by atoms with Gasteiger partial charge in [-0.3, -0.25) is 13.9 Å². The second-order valence-corrected chi connectivity index (χ2v) is 7.74. The number of carbonyl (C=O) groups excluding carboxylic acids is 1. The van der Waals surface area contributed by atoms with E-state index in [-0.39, 0.29) is 11.9 Å². The number of carbonyl (C=O) groups is 1. The molecule has 8 nitrogen and oxygen atoms in total. The van der Waals surface area contributed by atoms with Crippen LogP contribution in [-0.2, 0) is 7.05 Å². The van der Waals surface area contributed by atoms with Gasteiger partial charge in [0.2, 0.25) is 0 Å². The van der Waals surface area contributed by atoms with E-state index in [2.05, 4.69) is 33.0 Å². The van der Waals surface area contributed by atoms with Crippen molar-refractivity contribution in [2.24, 2.45) is 7.05 Å². The van der Waals surface area contributed by atoms with Crippen LogP contribution >= 0.6 is 0 Å². The molecular formula is C21H23N7O. The number of amides is 1. The number of aryl methyl sites for hydroxylation is 3. The molecule has 1 fully saturated rings. The molecule has 0 spiro atoms. The summed E-state index contributed by atoms with van der Waals surface area (Å²) in [5.41, 5.74) is 4.47. The van der Waals surface area contributed by atoms with E-state index in [1.54, 1.807) is 0 Å². The molecule has 1 aliphatic rings. The van der Waals surface area contributed by atoms with E-state index < -0.39 is 0 Å². The van der Waals surface area contributed by atoms with E-state index in [1.807, 2.05) is 64.5 Å². The SMILES string of the molecule is Cc1cc(C)n(C2CCN(C(=O)c3ccc4nnc(-c5cccn5C)n4c3)C2)n1. The Bertz CT molecular complexity index is 1220. The molecule has 29 heavy (non-hydrogen) atoms. The first kappa shape index (κ1) is 17.7. The van der Waals surface area contributed by atoms with E-state index in [9.17, 15) is 4.79 Å². The van der Waals surface area contributed by atoms with Crippen molar-refractivity contribution in [2.45, 2.75) is 26.3 Å². The van der Waals surface area contributed by atoms with Crippen molar-refractivity contribution >= 4 is 11.6 Å². The van der Waals surface area contributed by atoms with Gasteiger partial charge in [0.05, 0.1) is 23.0 Å². The highest BCUT2D eigenvalue weighted by molar-refractivity contribution is 5.94. The number of nitrogens with zero attached hydrogens (tertiary/aromatic N) is 7. The molecule has 4 aromatic rings. The summed E-state index contributed by atoms with van der Waals surface area (Å²) in [6.45, 7) is 5.47. The highest BCUT2D eigenvalue weighted by Gasteiger charge is 2.29. The van der Waals surface area contributed by atoms with Gasteiger partial charge in [-0.15, -0.1) is 10.2 Å². The van der Waals surface area contributed by atoms with Crippen LogP contribution in [0.2, 0.25) is 0 Å². The normalized spacial score (nSPS) is 16.8. The van der Waals surface area contributed by atoms with Gasteiger partial charge in [-0.1, -0.05) is 0 Å². The van der Waals surface area contributed by atoms with Crippen molar-refractivity contribution in [3.63, 3.8) is 0 Å². The average Bonchev–Trinajstić information content (AvgIpc) is 3.47. The lowest BCUT2D eigenvalue weighted by atomic mass is 10.2. The number of hydrogen-bond donors (Lipinski definition) is 0. The lowest BCUT2D eigenvalue weighted by Crippen LogP contribution is -2.29. The summed E-state index contributed by atoms with van der Waals surface area (Å²) < 4.78 is 5.93. The van der Waals surface area contributed by atoms with Gasteiger partial charge in [-0.05, 0) is 50.6 Å². The smallest absolute Gasteiger partial charge is 0.255 e. The monoisotopic (exact) mass is 389 g/mol. The third-order valence-electron chi connectivity index (χ3n) is 5.66. The average molecular weight is 389 g/mol. The van der Waals surface area contributed by atoms with Gasteiger partial charge in [-0.25, -0.2) is 0 Å². The summed E-state index contributed by atoms with van der Waals surface area (Å²) in [7, 11) is 1.97. The fourth-order valence-electron chi connectivity index (χ4n) is 4.21. The maximum atomic E-state index is 13.2. The van der Waals surface area contributed by atoms with E-state index in [1.165, 1.54) is 0 Å². The van der Waals surface area contributed by atoms with E-state index in [4.69, 9.17) is 0 Å². The summed E-state index contributed by atoms with van der Waals surface area (Å²) in [4.78, 5) is 15.1. The van der Waals surface area contributed by atoms with Crippen LogP contribution < -0.4 is 0 Å². The first-order valence-electron chi connectivity index (χ1n) is 9.80. The Morgan fingerprint density at radius 2 is 2.03 bits per heavy atom. The third kappa shape index (κ3) is 2.91. The van der Waals surface area contributed by atoms with Crippen LogP contribution in [-0.4, -0.2) is 52.8 Å².